The van der Waals surface area contributed by atoms with E-state index >= 15 is 0 Å². The van der Waals surface area contributed by atoms with E-state index in [9.17, 15) is 0 Å². The molecule has 2 nitrogen and oxygen atoms in total. The molecule has 0 aliphatic heterocycles. The van der Waals surface area contributed by atoms with E-state index in [-0.39, 0.29) is 6.04 Å². The van der Waals surface area contributed by atoms with Crippen LogP contribution >= 0.6 is 12.2 Å². The van der Waals surface area contributed by atoms with Crippen LogP contribution in [0.3, 0.4) is 0 Å². The number of thiocarbonyl (C=S) groups is 1. The lowest BCUT2D eigenvalue weighted by Gasteiger charge is -2.20. The maximum absolute atomic E-state index is 5.47. The molecular weight excluding hydrogens is 312 g/mol. The average Bonchev–Trinajstić information content (AvgIpc) is 2.56. The van der Waals surface area contributed by atoms with Gasteiger partial charge in [-0.3, -0.25) is 0 Å². The van der Waals surface area contributed by atoms with Crippen LogP contribution in [-0.4, -0.2) is 5.11 Å². The molecule has 0 saturated heterocycles. The zero-order chi connectivity index (χ0) is 17.7. The fourth-order valence-corrected chi connectivity index (χ4v) is 3.09. The molecule has 0 bridgehead atoms. The first-order valence-corrected chi connectivity index (χ1v) is 9.06. The molecule has 128 valence electrons. The molecule has 2 N–H and O–H groups in total. The molecule has 0 amide bonds. The Balaban J connectivity index is 1.98. The maximum Gasteiger partial charge on any atom is 0.171 e. The minimum atomic E-state index is 0.171. The smallest absolute Gasteiger partial charge is 0.171 e. The van der Waals surface area contributed by atoms with Gasteiger partial charge in [-0.2, -0.15) is 0 Å². The molecule has 24 heavy (non-hydrogen) atoms. The van der Waals surface area contributed by atoms with Crippen molar-refractivity contribution in [1.82, 2.24) is 5.32 Å². The Morgan fingerprint density at radius 3 is 2.33 bits per heavy atom. The summed E-state index contributed by atoms with van der Waals surface area (Å²) in [5.41, 5.74) is 6.22. The van der Waals surface area contributed by atoms with Crippen LogP contribution in [0.15, 0.2) is 42.5 Å². The van der Waals surface area contributed by atoms with Crippen molar-refractivity contribution in [3.63, 3.8) is 0 Å². The van der Waals surface area contributed by atoms with Crippen LogP contribution in [0.4, 0.5) is 5.69 Å². The molecule has 0 spiro atoms. The van der Waals surface area contributed by atoms with Crippen molar-refractivity contribution in [1.29, 1.82) is 0 Å². The highest BCUT2D eigenvalue weighted by atomic mass is 32.1. The highest BCUT2D eigenvalue weighted by molar-refractivity contribution is 7.80. The van der Waals surface area contributed by atoms with Gasteiger partial charge in [0.25, 0.3) is 0 Å². The van der Waals surface area contributed by atoms with E-state index in [0.717, 1.165) is 12.1 Å². The van der Waals surface area contributed by atoms with Crippen molar-refractivity contribution < 1.29 is 0 Å². The Hall–Kier alpha value is -1.87. The SMILES string of the molecule is CCC(C)c1ccc(NC(=S)NC(C)c2cc(C)ccc2C)cc1. The van der Waals surface area contributed by atoms with Crippen molar-refractivity contribution >= 4 is 23.0 Å². The summed E-state index contributed by atoms with van der Waals surface area (Å²) < 4.78 is 0. The number of benzene rings is 2. The van der Waals surface area contributed by atoms with Crippen LogP contribution in [-0.2, 0) is 0 Å². The standard InChI is InChI=1S/C21H28N2S/c1-6-15(3)18-9-11-19(12-10-18)23-21(24)22-17(5)20-13-14(2)7-8-16(20)4/h7-13,15,17H,6H2,1-5H3,(H2,22,23,24). The predicted octanol–water partition coefficient (Wildman–Crippen LogP) is 5.86. The third-order valence-corrected chi connectivity index (χ3v) is 4.82. The molecule has 0 heterocycles. The van der Waals surface area contributed by atoms with Gasteiger partial charge < -0.3 is 10.6 Å². The Kier molecular flexibility index (Phi) is 6.38. The van der Waals surface area contributed by atoms with E-state index in [1.165, 1.54) is 22.3 Å². The highest BCUT2D eigenvalue weighted by Gasteiger charge is 2.10. The summed E-state index contributed by atoms with van der Waals surface area (Å²) in [5.74, 6) is 0.591. The third-order valence-electron chi connectivity index (χ3n) is 4.60. The molecule has 0 aliphatic carbocycles. The number of aryl methyl sites for hydroxylation is 2. The van der Waals surface area contributed by atoms with Gasteiger partial charge in [-0.05, 0) is 74.2 Å². The molecule has 0 fully saturated rings. The fourth-order valence-electron chi connectivity index (χ4n) is 2.80. The molecule has 2 atom stereocenters. The number of rotatable bonds is 5. The molecule has 2 aromatic carbocycles. The van der Waals surface area contributed by atoms with Gasteiger partial charge in [-0.15, -0.1) is 0 Å². The van der Waals surface area contributed by atoms with Gasteiger partial charge in [0.1, 0.15) is 0 Å². The second-order valence-electron chi connectivity index (χ2n) is 6.61. The number of hydrogen-bond acceptors (Lipinski definition) is 1. The zero-order valence-electron chi connectivity index (χ0n) is 15.3. The first-order valence-electron chi connectivity index (χ1n) is 8.65. The Morgan fingerprint density at radius 1 is 1.04 bits per heavy atom. The summed E-state index contributed by atoms with van der Waals surface area (Å²) in [6.45, 7) is 10.9. The van der Waals surface area contributed by atoms with Crippen molar-refractivity contribution in [2.24, 2.45) is 0 Å². The second kappa shape index (κ2) is 8.29. The minimum absolute atomic E-state index is 0.171. The number of anilines is 1. The summed E-state index contributed by atoms with van der Waals surface area (Å²) in [5, 5.41) is 7.32. The van der Waals surface area contributed by atoms with Crippen LogP contribution in [0.25, 0.3) is 0 Å². The summed E-state index contributed by atoms with van der Waals surface area (Å²) in [7, 11) is 0. The van der Waals surface area contributed by atoms with Gasteiger partial charge in [-0.25, -0.2) is 0 Å². The van der Waals surface area contributed by atoms with E-state index in [0.29, 0.717) is 11.0 Å². The van der Waals surface area contributed by atoms with Crippen LogP contribution in [0.5, 0.6) is 0 Å². The Morgan fingerprint density at radius 2 is 1.71 bits per heavy atom. The summed E-state index contributed by atoms with van der Waals surface area (Å²) >= 11 is 5.47. The summed E-state index contributed by atoms with van der Waals surface area (Å²) in [4.78, 5) is 0. The average molecular weight is 341 g/mol. The van der Waals surface area contributed by atoms with Crippen molar-refractivity contribution in [3.8, 4) is 0 Å². The lowest BCUT2D eigenvalue weighted by molar-refractivity contribution is 0.716. The highest BCUT2D eigenvalue weighted by Crippen LogP contribution is 2.21. The topological polar surface area (TPSA) is 24.1 Å². The number of nitrogens with one attached hydrogen (secondary N) is 2. The van der Waals surface area contributed by atoms with Crippen molar-refractivity contribution in [2.75, 3.05) is 5.32 Å². The van der Waals surface area contributed by atoms with Gasteiger partial charge in [0.05, 0.1) is 6.04 Å². The van der Waals surface area contributed by atoms with Gasteiger partial charge in [-0.1, -0.05) is 49.7 Å². The van der Waals surface area contributed by atoms with Crippen LogP contribution in [0.1, 0.15) is 61.4 Å². The lowest BCUT2D eigenvalue weighted by atomic mass is 9.99. The first-order chi connectivity index (χ1) is 11.4. The van der Waals surface area contributed by atoms with Gasteiger partial charge in [0.15, 0.2) is 5.11 Å². The first kappa shape index (κ1) is 18.5. The molecule has 0 aromatic heterocycles. The number of hydrogen-bond donors (Lipinski definition) is 2. The minimum Gasteiger partial charge on any atom is -0.356 e. The molecule has 3 heteroatoms. The van der Waals surface area contributed by atoms with Crippen LogP contribution < -0.4 is 10.6 Å². The van der Waals surface area contributed by atoms with Gasteiger partial charge in [0.2, 0.25) is 0 Å². The molecule has 2 unspecified atom stereocenters. The monoisotopic (exact) mass is 340 g/mol. The molecule has 0 radical (unpaired) electrons. The predicted molar refractivity (Wildman–Crippen MR) is 109 cm³/mol. The fraction of sp³-hybridized carbons (Fsp3) is 0.381. The van der Waals surface area contributed by atoms with Crippen molar-refractivity contribution in [2.45, 2.75) is 53.0 Å². The molecule has 0 aliphatic rings. The molecule has 0 saturated carbocycles. The third kappa shape index (κ3) is 4.81. The second-order valence-corrected chi connectivity index (χ2v) is 7.02. The van der Waals surface area contributed by atoms with E-state index in [4.69, 9.17) is 12.2 Å². The van der Waals surface area contributed by atoms with Gasteiger partial charge >= 0.3 is 0 Å². The Labute approximate surface area is 151 Å². The zero-order valence-corrected chi connectivity index (χ0v) is 16.1. The van der Waals surface area contributed by atoms with Crippen molar-refractivity contribution in [3.05, 3.63) is 64.7 Å². The molecule has 2 rings (SSSR count). The summed E-state index contributed by atoms with van der Waals surface area (Å²) in [6, 6.07) is 15.2. The maximum atomic E-state index is 5.47. The lowest BCUT2D eigenvalue weighted by Crippen LogP contribution is -2.31. The largest absolute Gasteiger partial charge is 0.356 e. The van der Waals surface area contributed by atoms with Crippen LogP contribution in [0.2, 0.25) is 0 Å². The van der Waals surface area contributed by atoms with E-state index in [2.05, 4.69) is 87.7 Å². The quantitative estimate of drug-likeness (QED) is 0.666. The summed E-state index contributed by atoms with van der Waals surface area (Å²) in [6.07, 6.45) is 1.15. The van der Waals surface area contributed by atoms with E-state index in [1.54, 1.807) is 0 Å². The molecular formula is C21H28N2S. The van der Waals surface area contributed by atoms with E-state index in [1.807, 2.05) is 0 Å². The normalized spacial score (nSPS) is 13.2. The Bertz CT molecular complexity index is 691. The van der Waals surface area contributed by atoms with E-state index < -0.39 is 0 Å². The van der Waals surface area contributed by atoms with Crippen LogP contribution in [0, 0.1) is 13.8 Å². The molecule has 2 aromatic rings. The van der Waals surface area contributed by atoms with Gasteiger partial charge in [0, 0.05) is 5.69 Å².